The van der Waals surface area contributed by atoms with E-state index in [1.54, 1.807) is 11.3 Å². The highest BCUT2D eigenvalue weighted by molar-refractivity contribution is 7.09. The Morgan fingerprint density at radius 3 is 3.08 bits per heavy atom. The van der Waals surface area contributed by atoms with E-state index in [9.17, 15) is 0 Å². The summed E-state index contributed by atoms with van der Waals surface area (Å²) in [7, 11) is 2.01. The lowest BCUT2D eigenvalue weighted by Gasteiger charge is -2.34. The topological polar surface area (TPSA) is 21.3 Å². The van der Waals surface area contributed by atoms with Crippen molar-refractivity contribution in [3.63, 3.8) is 0 Å². The van der Waals surface area contributed by atoms with Crippen molar-refractivity contribution in [1.82, 2.24) is 5.32 Å². The van der Waals surface area contributed by atoms with E-state index in [0.717, 1.165) is 6.61 Å². The fourth-order valence-corrected chi connectivity index (χ4v) is 2.16. The van der Waals surface area contributed by atoms with Crippen LogP contribution in [-0.2, 0) is 11.3 Å². The second-order valence-corrected chi connectivity index (χ2v) is 4.50. The predicted octanol–water partition coefficient (Wildman–Crippen LogP) is 2.02. The highest BCUT2D eigenvalue weighted by Gasteiger charge is 2.28. The summed E-state index contributed by atoms with van der Waals surface area (Å²) in [5.74, 6) is 0. The maximum Gasteiger partial charge on any atom is 0.0813 e. The molecule has 2 nitrogen and oxygen atoms in total. The second-order valence-electron chi connectivity index (χ2n) is 3.47. The van der Waals surface area contributed by atoms with Crippen LogP contribution in [0.1, 0.15) is 17.7 Å². The fourth-order valence-electron chi connectivity index (χ4n) is 1.53. The summed E-state index contributed by atoms with van der Waals surface area (Å²) in [4.78, 5) is 1.33. The van der Waals surface area contributed by atoms with Crippen LogP contribution < -0.4 is 5.32 Å². The van der Waals surface area contributed by atoms with E-state index in [-0.39, 0.29) is 0 Å². The Labute approximate surface area is 82.9 Å². The third-order valence-electron chi connectivity index (χ3n) is 2.54. The number of hydrogen-bond acceptors (Lipinski definition) is 3. The van der Waals surface area contributed by atoms with Crippen LogP contribution in [0.5, 0.6) is 0 Å². The van der Waals surface area contributed by atoms with Gasteiger partial charge in [-0.15, -0.1) is 11.3 Å². The van der Waals surface area contributed by atoms with Gasteiger partial charge in [0.2, 0.25) is 0 Å². The molecule has 1 aromatic rings. The van der Waals surface area contributed by atoms with Gasteiger partial charge in [0.15, 0.2) is 0 Å². The molecule has 0 aliphatic heterocycles. The van der Waals surface area contributed by atoms with Gasteiger partial charge >= 0.3 is 0 Å². The summed E-state index contributed by atoms with van der Waals surface area (Å²) in [5.41, 5.74) is 0. The molecule has 0 spiro atoms. The molecular weight excluding hydrogens is 182 g/mol. The van der Waals surface area contributed by atoms with Crippen LogP contribution in [0.4, 0.5) is 0 Å². The van der Waals surface area contributed by atoms with E-state index in [2.05, 4.69) is 22.8 Å². The van der Waals surface area contributed by atoms with Crippen LogP contribution in [0.3, 0.4) is 0 Å². The smallest absolute Gasteiger partial charge is 0.0813 e. The molecule has 0 aromatic carbocycles. The third-order valence-corrected chi connectivity index (χ3v) is 3.39. The van der Waals surface area contributed by atoms with Crippen LogP contribution in [-0.4, -0.2) is 19.2 Å². The van der Waals surface area contributed by atoms with Crippen LogP contribution >= 0.6 is 11.3 Å². The zero-order chi connectivity index (χ0) is 9.10. The first-order chi connectivity index (χ1) is 6.38. The predicted molar refractivity (Wildman–Crippen MR) is 55.0 cm³/mol. The SMILES string of the molecule is CNC1CC(OCc2cccs2)C1. The van der Waals surface area contributed by atoms with Crippen molar-refractivity contribution in [2.24, 2.45) is 0 Å². The number of thiophene rings is 1. The molecule has 1 N–H and O–H groups in total. The van der Waals surface area contributed by atoms with Crippen molar-refractivity contribution in [2.75, 3.05) is 7.05 Å². The molecular formula is C10H15NOS. The van der Waals surface area contributed by atoms with Crippen molar-refractivity contribution in [2.45, 2.75) is 31.6 Å². The Bertz CT molecular complexity index is 241. The maximum absolute atomic E-state index is 5.72. The van der Waals surface area contributed by atoms with Gasteiger partial charge in [-0.3, -0.25) is 0 Å². The number of ether oxygens (including phenoxy) is 1. The largest absolute Gasteiger partial charge is 0.373 e. The molecule has 3 heteroatoms. The summed E-state index contributed by atoms with van der Waals surface area (Å²) in [5, 5.41) is 5.34. The minimum Gasteiger partial charge on any atom is -0.373 e. The van der Waals surface area contributed by atoms with E-state index in [1.807, 2.05) is 7.05 Å². The minimum atomic E-state index is 0.486. The van der Waals surface area contributed by atoms with E-state index in [1.165, 1.54) is 17.7 Å². The Balaban J connectivity index is 1.65. The Kier molecular flexibility index (Phi) is 2.98. The minimum absolute atomic E-state index is 0.486. The standard InChI is InChI=1S/C10H15NOS/c1-11-8-5-9(6-8)12-7-10-3-2-4-13-10/h2-4,8-9,11H,5-7H2,1H3. The van der Waals surface area contributed by atoms with E-state index >= 15 is 0 Å². The van der Waals surface area contributed by atoms with Crippen molar-refractivity contribution in [3.05, 3.63) is 22.4 Å². The third kappa shape index (κ3) is 2.30. The van der Waals surface area contributed by atoms with E-state index < -0.39 is 0 Å². The van der Waals surface area contributed by atoms with Gasteiger partial charge < -0.3 is 10.1 Å². The van der Waals surface area contributed by atoms with E-state index in [0.29, 0.717) is 12.1 Å². The zero-order valence-electron chi connectivity index (χ0n) is 7.82. The second kappa shape index (κ2) is 4.22. The van der Waals surface area contributed by atoms with Crippen molar-refractivity contribution in [1.29, 1.82) is 0 Å². The average Bonchev–Trinajstić information content (AvgIpc) is 2.54. The number of nitrogens with one attached hydrogen (secondary N) is 1. The molecule has 1 heterocycles. The summed E-state index contributed by atoms with van der Waals surface area (Å²) in [6.07, 6.45) is 2.82. The first-order valence-electron chi connectivity index (χ1n) is 4.69. The molecule has 0 bridgehead atoms. The maximum atomic E-state index is 5.72. The quantitative estimate of drug-likeness (QED) is 0.797. The summed E-state index contributed by atoms with van der Waals surface area (Å²) in [6, 6.07) is 4.88. The Hall–Kier alpha value is -0.380. The molecule has 1 saturated carbocycles. The molecule has 1 aliphatic carbocycles. The lowest BCUT2D eigenvalue weighted by atomic mass is 9.89. The highest BCUT2D eigenvalue weighted by Crippen LogP contribution is 2.24. The Morgan fingerprint density at radius 1 is 1.62 bits per heavy atom. The Morgan fingerprint density at radius 2 is 2.46 bits per heavy atom. The van der Waals surface area contributed by atoms with Crippen LogP contribution in [0.2, 0.25) is 0 Å². The average molecular weight is 197 g/mol. The molecule has 2 rings (SSSR count). The molecule has 1 aliphatic rings. The molecule has 0 saturated heterocycles. The van der Waals surface area contributed by atoms with Crippen molar-refractivity contribution >= 4 is 11.3 Å². The molecule has 0 radical (unpaired) electrons. The normalized spacial score (nSPS) is 27.2. The van der Waals surface area contributed by atoms with Gasteiger partial charge in [-0.2, -0.15) is 0 Å². The molecule has 0 unspecified atom stereocenters. The van der Waals surface area contributed by atoms with Gasteiger partial charge in [0.05, 0.1) is 12.7 Å². The van der Waals surface area contributed by atoms with Gasteiger partial charge in [0.25, 0.3) is 0 Å². The van der Waals surface area contributed by atoms with Gasteiger partial charge in [-0.25, -0.2) is 0 Å². The lowest BCUT2D eigenvalue weighted by Crippen LogP contribution is -2.43. The molecule has 1 aromatic heterocycles. The van der Waals surface area contributed by atoms with Gasteiger partial charge in [0.1, 0.15) is 0 Å². The summed E-state index contributed by atoms with van der Waals surface area (Å²) in [6.45, 7) is 0.790. The van der Waals surface area contributed by atoms with Gasteiger partial charge in [0, 0.05) is 10.9 Å². The van der Waals surface area contributed by atoms with Crippen LogP contribution in [0.15, 0.2) is 17.5 Å². The monoisotopic (exact) mass is 197 g/mol. The van der Waals surface area contributed by atoms with Crippen molar-refractivity contribution < 1.29 is 4.74 Å². The number of rotatable bonds is 4. The molecule has 13 heavy (non-hydrogen) atoms. The van der Waals surface area contributed by atoms with E-state index in [4.69, 9.17) is 4.74 Å². The first-order valence-corrected chi connectivity index (χ1v) is 5.57. The summed E-state index contributed by atoms with van der Waals surface area (Å²) < 4.78 is 5.72. The highest BCUT2D eigenvalue weighted by atomic mass is 32.1. The lowest BCUT2D eigenvalue weighted by molar-refractivity contribution is -0.0239. The summed E-state index contributed by atoms with van der Waals surface area (Å²) >= 11 is 1.77. The van der Waals surface area contributed by atoms with Gasteiger partial charge in [-0.05, 0) is 31.3 Å². The molecule has 72 valence electrons. The zero-order valence-corrected chi connectivity index (χ0v) is 8.64. The fraction of sp³-hybridized carbons (Fsp3) is 0.600. The van der Waals surface area contributed by atoms with Crippen molar-refractivity contribution in [3.8, 4) is 0 Å². The van der Waals surface area contributed by atoms with Crippen LogP contribution in [0.25, 0.3) is 0 Å². The van der Waals surface area contributed by atoms with Gasteiger partial charge in [-0.1, -0.05) is 6.07 Å². The molecule has 0 amide bonds. The molecule has 1 fully saturated rings. The number of hydrogen-bond donors (Lipinski definition) is 1. The molecule has 0 atom stereocenters. The van der Waals surface area contributed by atoms with Crippen LogP contribution in [0, 0.1) is 0 Å². The first kappa shape index (κ1) is 9.19.